The highest BCUT2D eigenvalue weighted by atomic mass is 35.5. The van der Waals surface area contributed by atoms with Gasteiger partial charge in [-0.2, -0.15) is 0 Å². The van der Waals surface area contributed by atoms with Gasteiger partial charge in [0, 0.05) is 5.54 Å². The molecule has 3 nitrogen and oxygen atoms in total. The lowest BCUT2D eigenvalue weighted by molar-refractivity contribution is 0.174. The Labute approximate surface area is 93.1 Å². The van der Waals surface area contributed by atoms with E-state index in [9.17, 15) is 0 Å². The van der Waals surface area contributed by atoms with Crippen molar-refractivity contribution in [1.29, 1.82) is 0 Å². The summed E-state index contributed by atoms with van der Waals surface area (Å²) in [4.78, 5) is 0. The van der Waals surface area contributed by atoms with E-state index in [0.717, 1.165) is 30.6 Å². The van der Waals surface area contributed by atoms with Crippen LogP contribution in [0.15, 0.2) is 12.1 Å². The Morgan fingerprint density at radius 1 is 1.33 bits per heavy atom. The molecule has 1 aliphatic carbocycles. The first-order valence-electron chi connectivity index (χ1n) is 5.03. The maximum absolute atomic E-state index is 6.08. The van der Waals surface area contributed by atoms with E-state index in [0.29, 0.717) is 10.8 Å². The average Bonchev–Trinajstić information content (AvgIpc) is 2.73. The van der Waals surface area contributed by atoms with E-state index < -0.39 is 0 Å². The quantitative estimate of drug-likeness (QED) is 0.839. The van der Waals surface area contributed by atoms with Gasteiger partial charge in [0.1, 0.15) is 0 Å². The highest BCUT2D eigenvalue weighted by molar-refractivity contribution is 6.32. The number of hydrogen-bond acceptors (Lipinski definition) is 3. The maximum Gasteiger partial charge on any atom is 0.231 e. The van der Waals surface area contributed by atoms with E-state index in [1.807, 2.05) is 12.1 Å². The van der Waals surface area contributed by atoms with Gasteiger partial charge in [0.05, 0.1) is 5.02 Å². The Morgan fingerprint density at radius 2 is 2.13 bits per heavy atom. The second-order valence-corrected chi connectivity index (χ2v) is 4.76. The van der Waals surface area contributed by atoms with Gasteiger partial charge in [0.15, 0.2) is 11.5 Å². The first kappa shape index (κ1) is 9.31. The third kappa shape index (κ3) is 1.66. The number of benzene rings is 1. The Balaban J connectivity index is 1.93. The van der Waals surface area contributed by atoms with Gasteiger partial charge >= 0.3 is 0 Å². The van der Waals surface area contributed by atoms with Gasteiger partial charge in [0.25, 0.3) is 0 Å². The molecule has 0 bridgehead atoms. The van der Waals surface area contributed by atoms with Crippen molar-refractivity contribution in [3.8, 4) is 11.5 Å². The molecule has 0 amide bonds. The molecule has 1 aromatic carbocycles. The molecule has 1 aliphatic heterocycles. The van der Waals surface area contributed by atoms with Crippen molar-refractivity contribution in [3.05, 3.63) is 22.7 Å². The lowest BCUT2D eigenvalue weighted by Gasteiger charge is -2.09. The molecule has 0 radical (unpaired) electrons. The van der Waals surface area contributed by atoms with Gasteiger partial charge in [-0.15, -0.1) is 0 Å². The number of ether oxygens (including phenoxy) is 2. The van der Waals surface area contributed by atoms with E-state index in [1.54, 1.807) is 0 Å². The Bertz CT molecular complexity index is 415. The molecule has 80 valence electrons. The number of hydrogen-bond donors (Lipinski definition) is 1. The minimum atomic E-state index is -0.00295. The van der Waals surface area contributed by atoms with Gasteiger partial charge < -0.3 is 15.2 Å². The largest absolute Gasteiger partial charge is 0.454 e. The monoisotopic (exact) mass is 225 g/mol. The van der Waals surface area contributed by atoms with Crippen LogP contribution < -0.4 is 15.2 Å². The number of rotatable bonds is 2. The lowest BCUT2D eigenvalue weighted by Crippen LogP contribution is -2.24. The van der Waals surface area contributed by atoms with Crippen LogP contribution in [0, 0.1) is 0 Å². The van der Waals surface area contributed by atoms with Crippen molar-refractivity contribution in [2.75, 3.05) is 6.79 Å². The van der Waals surface area contributed by atoms with Gasteiger partial charge in [-0.25, -0.2) is 0 Å². The molecular formula is C11H12ClNO2. The van der Waals surface area contributed by atoms with Crippen molar-refractivity contribution in [1.82, 2.24) is 0 Å². The van der Waals surface area contributed by atoms with Gasteiger partial charge in [-0.05, 0) is 37.0 Å². The van der Waals surface area contributed by atoms with Crippen molar-refractivity contribution in [2.45, 2.75) is 24.8 Å². The second-order valence-electron chi connectivity index (χ2n) is 4.35. The smallest absolute Gasteiger partial charge is 0.231 e. The number of halogens is 1. The van der Waals surface area contributed by atoms with Crippen LogP contribution in [0.5, 0.6) is 11.5 Å². The summed E-state index contributed by atoms with van der Waals surface area (Å²) >= 11 is 6.08. The summed E-state index contributed by atoms with van der Waals surface area (Å²) in [6.45, 7) is 0.256. The van der Waals surface area contributed by atoms with Crippen LogP contribution in [0.1, 0.15) is 18.4 Å². The summed E-state index contributed by atoms with van der Waals surface area (Å²) in [6, 6.07) is 3.89. The van der Waals surface area contributed by atoms with E-state index in [-0.39, 0.29) is 12.3 Å². The molecule has 1 saturated carbocycles. The van der Waals surface area contributed by atoms with Crippen LogP contribution in [0.2, 0.25) is 5.02 Å². The normalized spacial score (nSPS) is 20.4. The van der Waals surface area contributed by atoms with Crippen molar-refractivity contribution < 1.29 is 9.47 Å². The fourth-order valence-electron chi connectivity index (χ4n) is 1.87. The van der Waals surface area contributed by atoms with E-state index in [2.05, 4.69) is 0 Å². The highest BCUT2D eigenvalue weighted by Gasteiger charge is 2.38. The zero-order valence-corrected chi connectivity index (χ0v) is 9.01. The zero-order chi connectivity index (χ0) is 10.5. The molecule has 1 heterocycles. The molecule has 4 heteroatoms. The van der Waals surface area contributed by atoms with E-state index in [1.165, 1.54) is 0 Å². The molecule has 2 N–H and O–H groups in total. The molecule has 0 aromatic heterocycles. The standard InChI is InChI=1S/C11H12ClNO2/c12-8-3-7(5-11(13)1-2-11)4-9-10(8)15-6-14-9/h3-4H,1-2,5-6,13H2. The minimum Gasteiger partial charge on any atom is -0.454 e. The summed E-state index contributed by atoms with van der Waals surface area (Å²) in [6.07, 6.45) is 3.06. The van der Waals surface area contributed by atoms with Gasteiger partial charge in [0.2, 0.25) is 6.79 Å². The van der Waals surface area contributed by atoms with Crippen molar-refractivity contribution >= 4 is 11.6 Å². The Morgan fingerprint density at radius 3 is 2.87 bits per heavy atom. The molecule has 3 rings (SSSR count). The van der Waals surface area contributed by atoms with Gasteiger partial charge in [-0.1, -0.05) is 11.6 Å². The first-order valence-corrected chi connectivity index (χ1v) is 5.41. The van der Waals surface area contributed by atoms with E-state index >= 15 is 0 Å². The van der Waals surface area contributed by atoms with Crippen LogP contribution in [0.25, 0.3) is 0 Å². The molecule has 15 heavy (non-hydrogen) atoms. The first-order chi connectivity index (χ1) is 7.16. The predicted molar refractivity (Wildman–Crippen MR) is 57.4 cm³/mol. The summed E-state index contributed by atoms with van der Waals surface area (Å²) in [5.74, 6) is 1.39. The zero-order valence-electron chi connectivity index (χ0n) is 8.25. The minimum absolute atomic E-state index is 0.00295. The third-order valence-electron chi connectivity index (χ3n) is 2.94. The van der Waals surface area contributed by atoms with Crippen molar-refractivity contribution in [2.24, 2.45) is 5.73 Å². The molecule has 0 spiro atoms. The van der Waals surface area contributed by atoms with Crippen molar-refractivity contribution in [3.63, 3.8) is 0 Å². The SMILES string of the molecule is NC1(Cc2cc(Cl)c3c(c2)OCO3)CC1. The van der Waals surface area contributed by atoms with Crippen LogP contribution in [-0.4, -0.2) is 12.3 Å². The predicted octanol–water partition coefficient (Wildman–Crippen LogP) is 2.10. The molecule has 0 atom stereocenters. The topological polar surface area (TPSA) is 44.5 Å². The fourth-order valence-corrected chi connectivity index (χ4v) is 2.15. The summed E-state index contributed by atoms with van der Waals surface area (Å²) in [7, 11) is 0. The van der Waals surface area contributed by atoms with Gasteiger partial charge in [-0.3, -0.25) is 0 Å². The molecule has 2 aliphatic rings. The second kappa shape index (κ2) is 3.03. The number of nitrogens with two attached hydrogens (primary N) is 1. The summed E-state index contributed by atoms with van der Waals surface area (Å²) in [5.41, 5.74) is 7.18. The number of fused-ring (bicyclic) bond motifs is 1. The summed E-state index contributed by atoms with van der Waals surface area (Å²) < 4.78 is 10.6. The molecular weight excluding hydrogens is 214 g/mol. The molecule has 1 aromatic rings. The molecule has 0 unspecified atom stereocenters. The van der Waals surface area contributed by atoms with E-state index in [4.69, 9.17) is 26.8 Å². The molecule has 1 fully saturated rings. The lowest BCUT2D eigenvalue weighted by atomic mass is 10.0. The Kier molecular flexibility index (Phi) is 1.88. The van der Waals surface area contributed by atoms with Crippen LogP contribution in [0.3, 0.4) is 0 Å². The molecule has 0 saturated heterocycles. The average molecular weight is 226 g/mol. The van der Waals surface area contributed by atoms with Crippen LogP contribution in [-0.2, 0) is 6.42 Å². The maximum atomic E-state index is 6.08. The highest BCUT2D eigenvalue weighted by Crippen LogP contribution is 2.42. The Hall–Kier alpha value is -0.930. The fraction of sp³-hybridized carbons (Fsp3) is 0.455. The van der Waals surface area contributed by atoms with Crippen LogP contribution in [0.4, 0.5) is 0 Å². The third-order valence-corrected chi connectivity index (χ3v) is 3.22. The summed E-state index contributed by atoms with van der Waals surface area (Å²) in [5, 5.41) is 0.615. The van der Waals surface area contributed by atoms with Crippen LogP contribution >= 0.6 is 11.6 Å².